The third-order valence-corrected chi connectivity index (χ3v) is 3.16. The molecule has 0 aliphatic carbocycles. The average Bonchev–Trinajstić information content (AvgIpc) is 2.34. The molecule has 1 unspecified atom stereocenters. The van der Waals surface area contributed by atoms with Crippen molar-refractivity contribution in [1.82, 2.24) is 4.90 Å². The number of hydrogen-bond acceptors (Lipinski definition) is 3. The van der Waals surface area contributed by atoms with Gasteiger partial charge in [-0.25, -0.2) is 4.39 Å². The molecular formula is C15H22FNO2. The summed E-state index contributed by atoms with van der Waals surface area (Å²) in [4.78, 5) is 13.7. The van der Waals surface area contributed by atoms with Gasteiger partial charge in [0.1, 0.15) is 5.82 Å². The van der Waals surface area contributed by atoms with E-state index in [-0.39, 0.29) is 23.6 Å². The third-order valence-electron chi connectivity index (χ3n) is 3.16. The summed E-state index contributed by atoms with van der Waals surface area (Å²) in [5.41, 5.74) is 0.898. The van der Waals surface area contributed by atoms with Crippen molar-refractivity contribution in [3.05, 3.63) is 35.6 Å². The molecule has 106 valence electrons. The summed E-state index contributed by atoms with van der Waals surface area (Å²) in [5, 5.41) is 0. The second-order valence-electron chi connectivity index (χ2n) is 5.20. The molecule has 0 bridgehead atoms. The molecular weight excluding hydrogens is 245 g/mol. The molecule has 0 aliphatic rings. The molecule has 0 fully saturated rings. The van der Waals surface area contributed by atoms with E-state index < -0.39 is 0 Å². The molecule has 0 aromatic heterocycles. The van der Waals surface area contributed by atoms with Crippen LogP contribution in [0.4, 0.5) is 4.39 Å². The summed E-state index contributed by atoms with van der Waals surface area (Å²) >= 11 is 0. The van der Waals surface area contributed by atoms with Crippen LogP contribution in [0.1, 0.15) is 19.4 Å². The lowest BCUT2D eigenvalue weighted by molar-refractivity contribution is -0.147. The van der Waals surface area contributed by atoms with Crippen molar-refractivity contribution in [3.63, 3.8) is 0 Å². The topological polar surface area (TPSA) is 29.5 Å². The molecule has 1 aromatic rings. The molecule has 19 heavy (non-hydrogen) atoms. The molecule has 3 nitrogen and oxygen atoms in total. The Bertz CT molecular complexity index is 420. The van der Waals surface area contributed by atoms with Crippen LogP contribution in [0.3, 0.4) is 0 Å². The van der Waals surface area contributed by atoms with E-state index >= 15 is 0 Å². The summed E-state index contributed by atoms with van der Waals surface area (Å²) in [5.74, 6) is -0.383. The normalized spacial score (nSPS) is 12.8. The van der Waals surface area contributed by atoms with Gasteiger partial charge < -0.3 is 9.64 Å². The van der Waals surface area contributed by atoms with Crippen molar-refractivity contribution in [2.75, 3.05) is 20.7 Å². The van der Waals surface area contributed by atoms with E-state index in [1.807, 2.05) is 31.9 Å². The Morgan fingerprint density at radius 1 is 1.42 bits per heavy atom. The molecule has 0 amide bonds. The first-order chi connectivity index (χ1) is 8.93. The molecule has 0 spiro atoms. The van der Waals surface area contributed by atoms with Crippen LogP contribution in [0, 0.1) is 17.7 Å². The Balaban J connectivity index is 2.62. The number of nitrogens with zero attached hydrogens (tertiary/aromatic N) is 1. The number of rotatable bonds is 6. The highest BCUT2D eigenvalue weighted by molar-refractivity contribution is 5.72. The van der Waals surface area contributed by atoms with Crippen LogP contribution in [0.2, 0.25) is 0 Å². The number of methoxy groups -OCH3 is 1. The van der Waals surface area contributed by atoms with Crippen molar-refractivity contribution >= 4 is 5.97 Å². The average molecular weight is 267 g/mol. The molecule has 0 saturated heterocycles. The fourth-order valence-electron chi connectivity index (χ4n) is 2.06. The third kappa shape index (κ3) is 4.99. The van der Waals surface area contributed by atoms with E-state index in [9.17, 15) is 9.18 Å². The SMILES string of the molecule is COC(=O)C(CN(C)Cc1cccc(F)c1)C(C)C. The van der Waals surface area contributed by atoms with Crippen LogP contribution in [0.15, 0.2) is 24.3 Å². The molecule has 1 aromatic carbocycles. The summed E-state index contributed by atoms with van der Waals surface area (Å²) in [7, 11) is 3.33. The van der Waals surface area contributed by atoms with Gasteiger partial charge in [0.2, 0.25) is 0 Å². The van der Waals surface area contributed by atoms with E-state index in [0.29, 0.717) is 13.1 Å². The Hall–Kier alpha value is -1.42. The van der Waals surface area contributed by atoms with Crippen molar-refractivity contribution < 1.29 is 13.9 Å². The molecule has 0 N–H and O–H groups in total. The summed E-state index contributed by atoms with van der Waals surface area (Å²) < 4.78 is 17.9. The van der Waals surface area contributed by atoms with E-state index in [4.69, 9.17) is 4.74 Å². The highest BCUT2D eigenvalue weighted by Crippen LogP contribution is 2.15. The maximum absolute atomic E-state index is 13.1. The number of benzene rings is 1. The van der Waals surface area contributed by atoms with E-state index in [0.717, 1.165) is 5.56 Å². The van der Waals surface area contributed by atoms with Gasteiger partial charge in [-0.05, 0) is 30.7 Å². The maximum atomic E-state index is 13.1. The van der Waals surface area contributed by atoms with Crippen molar-refractivity contribution in [1.29, 1.82) is 0 Å². The van der Waals surface area contributed by atoms with Gasteiger partial charge >= 0.3 is 5.97 Å². The van der Waals surface area contributed by atoms with E-state index in [1.54, 1.807) is 6.07 Å². The van der Waals surface area contributed by atoms with Crippen LogP contribution < -0.4 is 0 Å². The van der Waals surface area contributed by atoms with Gasteiger partial charge in [0.05, 0.1) is 13.0 Å². The maximum Gasteiger partial charge on any atom is 0.310 e. The molecule has 1 rings (SSSR count). The van der Waals surface area contributed by atoms with Gasteiger partial charge in [-0.2, -0.15) is 0 Å². The largest absolute Gasteiger partial charge is 0.469 e. The van der Waals surface area contributed by atoms with Gasteiger partial charge in [0, 0.05) is 13.1 Å². The van der Waals surface area contributed by atoms with Crippen LogP contribution in [0.25, 0.3) is 0 Å². The molecule has 0 heterocycles. The predicted octanol–water partition coefficient (Wildman–Crippen LogP) is 2.70. The van der Waals surface area contributed by atoms with Crippen LogP contribution in [0.5, 0.6) is 0 Å². The van der Waals surface area contributed by atoms with E-state index in [2.05, 4.69) is 0 Å². The van der Waals surface area contributed by atoms with Gasteiger partial charge in [-0.15, -0.1) is 0 Å². The highest BCUT2D eigenvalue weighted by Gasteiger charge is 2.24. The molecule has 4 heteroatoms. The number of carbonyl (C=O) groups is 1. The van der Waals surface area contributed by atoms with Gasteiger partial charge in [-0.1, -0.05) is 26.0 Å². The lowest BCUT2D eigenvalue weighted by Crippen LogP contribution is -2.34. The zero-order valence-corrected chi connectivity index (χ0v) is 12.0. The summed E-state index contributed by atoms with van der Waals surface area (Å²) in [6.07, 6.45) is 0. The minimum atomic E-state index is -0.237. The van der Waals surface area contributed by atoms with E-state index in [1.165, 1.54) is 19.2 Å². The lowest BCUT2D eigenvalue weighted by Gasteiger charge is -2.25. The number of esters is 1. The summed E-state index contributed by atoms with van der Waals surface area (Å²) in [6, 6.07) is 6.51. The fourth-order valence-corrected chi connectivity index (χ4v) is 2.06. The Morgan fingerprint density at radius 3 is 2.63 bits per heavy atom. The van der Waals surface area contributed by atoms with Crippen LogP contribution in [-0.4, -0.2) is 31.6 Å². The molecule has 1 atom stereocenters. The fraction of sp³-hybridized carbons (Fsp3) is 0.533. The quantitative estimate of drug-likeness (QED) is 0.742. The van der Waals surface area contributed by atoms with Gasteiger partial charge in [0.25, 0.3) is 0 Å². The van der Waals surface area contributed by atoms with Crippen LogP contribution in [-0.2, 0) is 16.1 Å². The molecule has 0 saturated carbocycles. The van der Waals surface area contributed by atoms with Crippen molar-refractivity contribution in [2.45, 2.75) is 20.4 Å². The number of hydrogen-bond donors (Lipinski definition) is 0. The highest BCUT2D eigenvalue weighted by atomic mass is 19.1. The second-order valence-corrected chi connectivity index (χ2v) is 5.20. The predicted molar refractivity (Wildman–Crippen MR) is 73.1 cm³/mol. The summed E-state index contributed by atoms with van der Waals surface area (Å²) in [6.45, 7) is 5.20. The molecule has 0 radical (unpaired) electrons. The standard InChI is InChI=1S/C15H22FNO2/c1-11(2)14(15(18)19-4)10-17(3)9-12-6-5-7-13(16)8-12/h5-8,11,14H,9-10H2,1-4H3. The number of halogens is 1. The van der Waals surface area contributed by atoms with Gasteiger partial charge in [-0.3, -0.25) is 4.79 Å². The first-order valence-electron chi connectivity index (χ1n) is 6.45. The molecule has 0 aliphatic heterocycles. The smallest absolute Gasteiger partial charge is 0.310 e. The first kappa shape index (κ1) is 15.6. The Kier molecular flexibility index (Phi) is 5.96. The van der Waals surface area contributed by atoms with Crippen molar-refractivity contribution in [3.8, 4) is 0 Å². The zero-order valence-electron chi connectivity index (χ0n) is 12.0. The Labute approximate surface area is 114 Å². The van der Waals surface area contributed by atoms with Crippen molar-refractivity contribution in [2.24, 2.45) is 11.8 Å². The number of carbonyl (C=O) groups excluding carboxylic acids is 1. The minimum Gasteiger partial charge on any atom is -0.469 e. The zero-order chi connectivity index (χ0) is 14.4. The van der Waals surface area contributed by atoms with Gasteiger partial charge in [0.15, 0.2) is 0 Å². The van der Waals surface area contributed by atoms with Crippen LogP contribution >= 0.6 is 0 Å². The lowest BCUT2D eigenvalue weighted by atomic mass is 9.95. The number of ether oxygens (including phenoxy) is 1. The second kappa shape index (κ2) is 7.24. The Morgan fingerprint density at radius 2 is 2.11 bits per heavy atom. The minimum absolute atomic E-state index is 0.163. The first-order valence-corrected chi connectivity index (χ1v) is 6.45. The monoisotopic (exact) mass is 267 g/mol.